The Hall–Kier alpha value is -1.86. The summed E-state index contributed by atoms with van der Waals surface area (Å²) in [6.45, 7) is 0.639. The van der Waals surface area contributed by atoms with Crippen molar-refractivity contribution in [3.8, 4) is 11.3 Å². The van der Waals surface area contributed by atoms with Gasteiger partial charge in [-0.05, 0) is 49.5 Å². The maximum Gasteiger partial charge on any atom is 0.239 e. The van der Waals surface area contributed by atoms with Gasteiger partial charge in [-0.1, -0.05) is 12.1 Å². The fraction of sp³-hybridized carbons (Fsp3) is 0.444. The number of aryl methyl sites for hydroxylation is 1. The number of nitrogens with two attached hydrogens (primary N) is 1. The van der Waals surface area contributed by atoms with E-state index in [4.69, 9.17) is 5.73 Å². The van der Waals surface area contributed by atoms with E-state index in [1.54, 1.807) is 29.8 Å². The quantitative estimate of drug-likeness (QED) is 0.717. The van der Waals surface area contributed by atoms with E-state index in [1.165, 1.54) is 12.1 Å². The predicted molar refractivity (Wildman–Crippen MR) is 101 cm³/mol. The maximum absolute atomic E-state index is 13.3. The number of carbonyl (C=O) groups excluding carboxylic acids is 1. The Kier molecular flexibility index (Phi) is 7.46. The zero-order valence-corrected chi connectivity index (χ0v) is 15.5. The minimum absolute atomic E-state index is 0.0147. The molecule has 1 aromatic heterocycles. The first kappa shape index (κ1) is 19.5. The highest BCUT2D eigenvalue weighted by Crippen LogP contribution is 2.19. The van der Waals surface area contributed by atoms with E-state index in [0.29, 0.717) is 13.0 Å². The van der Waals surface area contributed by atoms with E-state index in [2.05, 4.69) is 10.2 Å². The first-order valence-electron chi connectivity index (χ1n) is 8.31. The Morgan fingerprint density at radius 2 is 2.24 bits per heavy atom. The highest BCUT2D eigenvalue weighted by molar-refractivity contribution is 7.98. The highest BCUT2D eigenvalue weighted by atomic mass is 32.2. The fourth-order valence-corrected chi connectivity index (χ4v) is 3.04. The molecule has 0 spiro atoms. The van der Waals surface area contributed by atoms with E-state index < -0.39 is 6.04 Å². The van der Waals surface area contributed by atoms with Crippen LogP contribution < -0.4 is 5.73 Å². The van der Waals surface area contributed by atoms with Gasteiger partial charge in [-0.15, -0.1) is 0 Å². The molecule has 1 atom stereocenters. The standard InChI is InChI=1S/C18H25FN4OS/c1-23(18(24)16(20)8-10-25-2)9-4-7-15-12-17(22-21-15)13-5-3-6-14(19)11-13/h3,5-6,11-12,16H,4,7-10,20H2,1-2H3,(H,21,22)/t16-/m0/s1. The maximum atomic E-state index is 13.3. The summed E-state index contributed by atoms with van der Waals surface area (Å²) in [6.07, 6.45) is 4.27. The number of likely N-dealkylation sites (N-methyl/N-ethyl adjacent to an activating group) is 1. The zero-order chi connectivity index (χ0) is 18.2. The topological polar surface area (TPSA) is 75.0 Å². The van der Waals surface area contributed by atoms with Crippen LogP contribution in [-0.2, 0) is 11.2 Å². The van der Waals surface area contributed by atoms with Gasteiger partial charge in [0.1, 0.15) is 5.82 Å². The predicted octanol–water partition coefficient (Wildman–Crippen LogP) is 2.69. The van der Waals surface area contributed by atoms with Crippen LogP contribution in [0, 0.1) is 5.82 Å². The van der Waals surface area contributed by atoms with E-state index in [0.717, 1.165) is 35.5 Å². The van der Waals surface area contributed by atoms with Gasteiger partial charge in [-0.25, -0.2) is 4.39 Å². The van der Waals surface area contributed by atoms with E-state index >= 15 is 0 Å². The third-order valence-corrected chi connectivity index (χ3v) is 4.66. The summed E-state index contributed by atoms with van der Waals surface area (Å²) in [6, 6.07) is 7.85. The van der Waals surface area contributed by atoms with Gasteiger partial charge < -0.3 is 10.6 Å². The van der Waals surface area contributed by atoms with Gasteiger partial charge in [0.2, 0.25) is 5.91 Å². The number of carbonyl (C=O) groups is 1. The van der Waals surface area contributed by atoms with Gasteiger partial charge >= 0.3 is 0 Å². The number of nitrogens with one attached hydrogen (secondary N) is 1. The third kappa shape index (κ3) is 5.86. The molecule has 7 heteroatoms. The van der Waals surface area contributed by atoms with Crippen LogP contribution in [0.3, 0.4) is 0 Å². The second-order valence-electron chi connectivity index (χ2n) is 6.04. The Balaban J connectivity index is 1.81. The number of aromatic nitrogens is 2. The smallest absolute Gasteiger partial charge is 0.239 e. The molecule has 1 aromatic carbocycles. The minimum Gasteiger partial charge on any atom is -0.344 e. The molecule has 0 bridgehead atoms. The van der Waals surface area contributed by atoms with Crippen LogP contribution in [0.15, 0.2) is 30.3 Å². The number of hydrogen-bond acceptors (Lipinski definition) is 4. The number of hydrogen-bond donors (Lipinski definition) is 2. The average molecular weight is 364 g/mol. The van der Waals surface area contributed by atoms with E-state index in [-0.39, 0.29) is 11.7 Å². The number of nitrogens with zero attached hydrogens (tertiary/aromatic N) is 2. The van der Waals surface area contributed by atoms with Crippen LogP contribution in [0.5, 0.6) is 0 Å². The molecule has 0 aliphatic heterocycles. The SMILES string of the molecule is CSCC[C@H](N)C(=O)N(C)CCCc1cc(-c2cccc(F)c2)n[nH]1. The molecule has 2 rings (SSSR count). The van der Waals surface area contributed by atoms with Crippen LogP contribution >= 0.6 is 11.8 Å². The molecule has 0 saturated heterocycles. The number of aromatic amines is 1. The molecule has 0 fully saturated rings. The molecule has 0 unspecified atom stereocenters. The Bertz CT molecular complexity index is 691. The number of thioether (sulfide) groups is 1. The molecule has 0 aliphatic carbocycles. The number of benzene rings is 1. The Labute approximate surface area is 152 Å². The number of amides is 1. The van der Waals surface area contributed by atoms with Crippen molar-refractivity contribution in [3.05, 3.63) is 41.8 Å². The van der Waals surface area contributed by atoms with Crippen LogP contribution in [0.2, 0.25) is 0 Å². The molecular formula is C18H25FN4OS. The highest BCUT2D eigenvalue weighted by Gasteiger charge is 2.17. The molecule has 136 valence electrons. The van der Waals surface area contributed by atoms with E-state index in [1.807, 2.05) is 18.4 Å². The van der Waals surface area contributed by atoms with Gasteiger partial charge in [-0.3, -0.25) is 9.89 Å². The number of H-pyrrole nitrogens is 1. The van der Waals surface area contributed by atoms with Crippen molar-refractivity contribution in [1.29, 1.82) is 0 Å². The Morgan fingerprint density at radius 1 is 1.44 bits per heavy atom. The first-order chi connectivity index (χ1) is 12.0. The second-order valence-corrected chi connectivity index (χ2v) is 7.03. The summed E-state index contributed by atoms with van der Waals surface area (Å²) >= 11 is 1.69. The largest absolute Gasteiger partial charge is 0.344 e. The van der Waals surface area contributed by atoms with Crippen molar-refractivity contribution >= 4 is 17.7 Å². The Morgan fingerprint density at radius 3 is 2.96 bits per heavy atom. The monoisotopic (exact) mass is 364 g/mol. The van der Waals surface area contributed by atoms with Gasteiger partial charge in [0.05, 0.1) is 11.7 Å². The average Bonchev–Trinajstić information content (AvgIpc) is 3.07. The van der Waals surface area contributed by atoms with E-state index in [9.17, 15) is 9.18 Å². The molecule has 0 aliphatic rings. The van der Waals surface area contributed by atoms with Crippen LogP contribution in [-0.4, -0.2) is 52.6 Å². The van der Waals surface area contributed by atoms with Crippen LogP contribution in [0.25, 0.3) is 11.3 Å². The molecule has 0 saturated carbocycles. The molecule has 1 heterocycles. The summed E-state index contributed by atoms with van der Waals surface area (Å²) in [5, 5.41) is 7.20. The molecule has 5 nitrogen and oxygen atoms in total. The van der Waals surface area contributed by atoms with Gasteiger partial charge in [0, 0.05) is 24.8 Å². The van der Waals surface area contributed by atoms with Crippen molar-refractivity contribution in [2.45, 2.75) is 25.3 Å². The van der Waals surface area contributed by atoms with Crippen molar-refractivity contribution in [2.24, 2.45) is 5.73 Å². The molecule has 3 N–H and O–H groups in total. The van der Waals surface area contributed by atoms with Gasteiger partial charge in [0.25, 0.3) is 0 Å². The fourth-order valence-electron chi connectivity index (χ4n) is 2.55. The third-order valence-electron chi connectivity index (χ3n) is 4.02. The first-order valence-corrected chi connectivity index (χ1v) is 9.70. The van der Waals surface area contributed by atoms with Crippen molar-refractivity contribution < 1.29 is 9.18 Å². The van der Waals surface area contributed by atoms with Crippen molar-refractivity contribution in [2.75, 3.05) is 25.6 Å². The normalized spacial score (nSPS) is 12.2. The van der Waals surface area contributed by atoms with Gasteiger partial charge in [-0.2, -0.15) is 16.9 Å². The lowest BCUT2D eigenvalue weighted by Gasteiger charge is -2.21. The lowest BCUT2D eigenvalue weighted by molar-refractivity contribution is -0.131. The van der Waals surface area contributed by atoms with Crippen LogP contribution in [0.1, 0.15) is 18.5 Å². The zero-order valence-electron chi connectivity index (χ0n) is 14.7. The minimum atomic E-state index is -0.427. The summed E-state index contributed by atoms with van der Waals surface area (Å²) < 4.78 is 13.3. The number of halogens is 1. The summed E-state index contributed by atoms with van der Waals surface area (Å²) in [7, 11) is 1.78. The molecular weight excluding hydrogens is 339 g/mol. The molecule has 0 radical (unpaired) electrons. The lowest BCUT2D eigenvalue weighted by Crippen LogP contribution is -2.42. The molecule has 25 heavy (non-hydrogen) atoms. The second kappa shape index (κ2) is 9.58. The van der Waals surface area contributed by atoms with Crippen LogP contribution in [0.4, 0.5) is 4.39 Å². The van der Waals surface area contributed by atoms with Crippen molar-refractivity contribution in [1.82, 2.24) is 15.1 Å². The van der Waals surface area contributed by atoms with Gasteiger partial charge in [0.15, 0.2) is 0 Å². The molecule has 1 amide bonds. The summed E-state index contributed by atoms with van der Waals surface area (Å²) in [5.41, 5.74) is 8.35. The number of rotatable bonds is 9. The lowest BCUT2D eigenvalue weighted by atomic mass is 10.1. The molecule has 2 aromatic rings. The van der Waals surface area contributed by atoms with Crippen molar-refractivity contribution in [3.63, 3.8) is 0 Å². The summed E-state index contributed by atoms with van der Waals surface area (Å²) in [4.78, 5) is 13.8. The summed E-state index contributed by atoms with van der Waals surface area (Å²) in [5.74, 6) is 0.594.